The van der Waals surface area contributed by atoms with E-state index in [4.69, 9.17) is 5.11 Å². The van der Waals surface area contributed by atoms with Gasteiger partial charge in [-0.05, 0) is 31.5 Å². The van der Waals surface area contributed by atoms with E-state index in [1.807, 2.05) is 18.2 Å². The van der Waals surface area contributed by atoms with Crippen molar-refractivity contribution in [2.24, 2.45) is 0 Å². The number of rotatable bonds is 5. The Labute approximate surface area is 137 Å². The molecule has 2 N–H and O–H groups in total. The van der Waals surface area contributed by atoms with E-state index in [1.54, 1.807) is 30.7 Å². The second-order valence-electron chi connectivity index (χ2n) is 5.13. The van der Waals surface area contributed by atoms with Crippen LogP contribution in [0, 0.1) is 0 Å². The standard InChI is InChI=1S/C16H16N4O2S/c1-3-11-7-12-14(18-9(2)16(21)22)19-13(20-15(12)23-11)10-5-4-6-17-8-10/h4-9H,3H2,1-2H3,(H,21,22)(H,18,19,20). The van der Waals surface area contributed by atoms with Crippen LogP contribution >= 0.6 is 11.3 Å². The van der Waals surface area contributed by atoms with Crippen molar-refractivity contribution < 1.29 is 9.90 Å². The minimum Gasteiger partial charge on any atom is -0.480 e. The number of pyridine rings is 1. The summed E-state index contributed by atoms with van der Waals surface area (Å²) in [5.41, 5.74) is 0.798. The molecule has 3 aromatic heterocycles. The Morgan fingerprint density at radius 3 is 2.91 bits per heavy atom. The van der Waals surface area contributed by atoms with Crippen LogP contribution in [0.25, 0.3) is 21.6 Å². The number of anilines is 1. The highest BCUT2D eigenvalue weighted by atomic mass is 32.1. The fraction of sp³-hybridized carbons (Fsp3) is 0.250. The van der Waals surface area contributed by atoms with Crippen molar-refractivity contribution in [3.05, 3.63) is 35.5 Å². The van der Waals surface area contributed by atoms with E-state index in [-0.39, 0.29) is 0 Å². The molecule has 0 radical (unpaired) electrons. The lowest BCUT2D eigenvalue weighted by atomic mass is 10.2. The van der Waals surface area contributed by atoms with Crippen LogP contribution in [0.2, 0.25) is 0 Å². The zero-order valence-corrected chi connectivity index (χ0v) is 13.6. The van der Waals surface area contributed by atoms with E-state index in [9.17, 15) is 4.79 Å². The van der Waals surface area contributed by atoms with Gasteiger partial charge < -0.3 is 10.4 Å². The summed E-state index contributed by atoms with van der Waals surface area (Å²) in [5.74, 6) is 0.153. The van der Waals surface area contributed by atoms with Crippen LogP contribution in [0.15, 0.2) is 30.6 Å². The number of carboxylic acids is 1. The van der Waals surface area contributed by atoms with Gasteiger partial charge in [0.1, 0.15) is 16.7 Å². The van der Waals surface area contributed by atoms with Crippen molar-refractivity contribution in [3.8, 4) is 11.4 Å². The van der Waals surface area contributed by atoms with E-state index in [0.717, 1.165) is 22.2 Å². The maximum atomic E-state index is 11.1. The molecule has 7 heteroatoms. The van der Waals surface area contributed by atoms with Crippen molar-refractivity contribution in [3.63, 3.8) is 0 Å². The molecule has 1 atom stereocenters. The number of aryl methyl sites for hydroxylation is 1. The SMILES string of the molecule is CCc1cc2c(NC(C)C(=O)O)nc(-c3cccnc3)nc2s1. The lowest BCUT2D eigenvalue weighted by Gasteiger charge is -2.12. The summed E-state index contributed by atoms with van der Waals surface area (Å²) in [5, 5.41) is 13.0. The molecule has 0 aliphatic rings. The van der Waals surface area contributed by atoms with Gasteiger partial charge in [-0.2, -0.15) is 0 Å². The van der Waals surface area contributed by atoms with Gasteiger partial charge in [-0.25, -0.2) is 9.97 Å². The van der Waals surface area contributed by atoms with E-state index < -0.39 is 12.0 Å². The minimum atomic E-state index is -0.925. The maximum Gasteiger partial charge on any atom is 0.325 e. The third-order valence-electron chi connectivity index (χ3n) is 3.44. The highest BCUT2D eigenvalue weighted by Crippen LogP contribution is 2.31. The zero-order chi connectivity index (χ0) is 16.4. The van der Waals surface area contributed by atoms with Gasteiger partial charge in [0.25, 0.3) is 0 Å². The van der Waals surface area contributed by atoms with Crippen molar-refractivity contribution >= 4 is 33.3 Å². The van der Waals surface area contributed by atoms with Crippen LogP contribution in [0.4, 0.5) is 5.82 Å². The summed E-state index contributed by atoms with van der Waals surface area (Å²) < 4.78 is 0. The van der Waals surface area contributed by atoms with E-state index >= 15 is 0 Å². The molecule has 0 aliphatic heterocycles. The van der Waals surface area contributed by atoms with Gasteiger partial charge in [0, 0.05) is 22.8 Å². The second-order valence-corrected chi connectivity index (χ2v) is 6.24. The predicted octanol–water partition coefficient (Wildman–Crippen LogP) is 3.20. The number of thiophene rings is 1. The molecule has 0 aromatic carbocycles. The quantitative estimate of drug-likeness (QED) is 0.748. The van der Waals surface area contributed by atoms with Crippen molar-refractivity contribution in [2.45, 2.75) is 26.3 Å². The van der Waals surface area contributed by atoms with Crippen LogP contribution in [0.1, 0.15) is 18.7 Å². The Morgan fingerprint density at radius 2 is 2.26 bits per heavy atom. The topological polar surface area (TPSA) is 88.0 Å². The van der Waals surface area contributed by atoms with Gasteiger partial charge >= 0.3 is 5.97 Å². The first-order valence-corrected chi connectivity index (χ1v) is 8.10. The minimum absolute atomic E-state index is 0.537. The molecule has 23 heavy (non-hydrogen) atoms. The van der Waals surface area contributed by atoms with E-state index in [2.05, 4.69) is 27.2 Å². The van der Waals surface area contributed by atoms with Crippen LogP contribution in [0.5, 0.6) is 0 Å². The predicted molar refractivity (Wildman–Crippen MR) is 90.7 cm³/mol. The Hall–Kier alpha value is -2.54. The molecular formula is C16H16N4O2S. The largest absolute Gasteiger partial charge is 0.480 e. The molecule has 3 rings (SSSR count). The molecule has 0 saturated carbocycles. The number of carbonyl (C=O) groups is 1. The van der Waals surface area contributed by atoms with Crippen molar-refractivity contribution in [1.82, 2.24) is 15.0 Å². The molecule has 6 nitrogen and oxygen atoms in total. The summed E-state index contributed by atoms with van der Waals surface area (Å²) in [4.78, 5) is 26.4. The summed E-state index contributed by atoms with van der Waals surface area (Å²) in [7, 11) is 0. The molecule has 118 valence electrons. The number of nitrogens with one attached hydrogen (secondary N) is 1. The zero-order valence-electron chi connectivity index (χ0n) is 12.8. The monoisotopic (exact) mass is 328 g/mol. The Bertz CT molecular complexity index is 848. The van der Waals surface area contributed by atoms with Gasteiger partial charge in [0.05, 0.1) is 5.39 Å². The lowest BCUT2D eigenvalue weighted by Crippen LogP contribution is -2.26. The molecular weight excluding hydrogens is 312 g/mol. The number of aromatic nitrogens is 3. The fourth-order valence-electron chi connectivity index (χ4n) is 2.15. The van der Waals surface area contributed by atoms with Crippen LogP contribution in [-0.2, 0) is 11.2 Å². The molecule has 0 saturated heterocycles. The molecule has 0 spiro atoms. The highest BCUT2D eigenvalue weighted by Gasteiger charge is 2.17. The third kappa shape index (κ3) is 3.14. The van der Waals surface area contributed by atoms with Crippen molar-refractivity contribution in [1.29, 1.82) is 0 Å². The van der Waals surface area contributed by atoms with E-state index in [1.165, 1.54) is 4.88 Å². The Morgan fingerprint density at radius 1 is 1.43 bits per heavy atom. The molecule has 3 aromatic rings. The number of hydrogen-bond acceptors (Lipinski definition) is 6. The summed E-state index contributed by atoms with van der Waals surface area (Å²) in [6.45, 7) is 3.67. The first-order valence-electron chi connectivity index (χ1n) is 7.28. The second kappa shape index (κ2) is 6.29. The number of nitrogens with zero attached hydrogens (tertiary/aromatic N) is 3. The average Bonchev–Trinajstić information content (AvgIpc) is 2.99. The first-order chi connectivity index (χ1) is 11.1. The number of carboxylic acid groups (broad SMARTS) is 1. The Kier molecular flexibility index (Phi) is 4.20. The van der Waals surface area contributed by atoms with Gasteiger partial charge in [-0.1, -0.05) is 6.92 Å². The third-order valence-corrected chi connectivity index (χ3v) is 4.61. The van der Waals surface area contributed by atoms with Crippen molar-refractivity contribution in [2.75, 3.05) is 5.32 Å². The molecule has 0 bridgehead atoms. The van der Waals surface area contributed by atoms with Gasteiger partial charge in [-0.3, -0.25) is 9.78 Å². The Balaban J connectivity index is 2.14. The summed E-state index contributed by atoms with van der Waals surface area (Å²) in [6.07, 6.45) is 4.28. The average molecular weight is 328 g/mol. The highest BCUT2D eigenvalue weighted by molar-refractivity contribution is 7.18. The summed E-state index contributed by atoms with van der Waals surface area (Å²) >= 11 is 1.60. The maximum absolute atomic E-state index is 11.1. The molecule has 3 heterocycles. The smallest absolute Gasteiger partial charge is 0.325 e. The van der Waals surface area contributed by atoms with Crippen LogP contribution in [0.3, 0.4) is 0 Å². The molecule has 0 amide bonds. The molecule has 0 aliphatic carbocycles. The fourth-order valence-corrected chi connectivity index (χ4v) is 3.11. The molecule has 1 unspecified atom stereocenters. The normalized spacial score (nSPS) is 12.3. The van der Waals surface area contributed by atoms with Crippen LogP contribution in [-0.4, -0.2) is 32.1 Å². The number of aliphatic carboxylic acids is 1. The van der Waals surface area contributed by atoms with Gasteiger partial charge in [0.15, 0.2) is 5.82 Å². The number of hydrogen-bond donors (Lipinski definition) is 2. The summed E-state index contributed by atoms with van der Waals surface area (Å²) in [6, 6.07) is 4.98. The first kappa shape index (κ1) is 15.4. The molecule has 0 fully saturated rings. The number of fused-ring (bicyclic) bond motifs is 1. The van der Waals surface area contributed by atoms with Gasteiger partial charge in [0.2, 0.25) is 0 Å². The van der Waals surface area contributed by atoms with E-state index in [0.29, 0.717) is 11.6 Å². The lowest BCUT2D eigenvalue weighted by molar-refractivity contribution is -0.137. The van der Waals surface area contributed by atoms with Gasteiger partial charge in [-0.15, -0.1) is 11.3 Å². The van der Waals surface area contributed by atoms with Crippen LogP contribution < -0.4 is 5.32 Å².